The summed E-state index contributed by atoms with van der Waals surface area (Å²) in [4.78, 5) is 0. The standard InChI is InChI=1S/C16H28O2/c1-14(2)9-7-6-8-10-15(18-5)11-12-16(3,4)13-17/h9,15,17H,6-8,10,13H2,1-5H3. The molecule has 18 heavy (non-hydrogen) atoms. The van der Waals surface area contributed by atoms with Crippen molar-refractivity contribution >= 4 is 0 Å². The van der Waals surface area contributed by atoms with Crippen molar-refractivity contribution in [2.24, 2.45) is 5.41 Å². The van der Waals surface area contributed by atoms with E-state index in [-0.39, 0.29) is 18.1 Å². The van der Waals surface area contributed by atoms with Crippen LogP contribution < -0.4 is 0 Å². The molecule has 0 radical (unpaired) electrons. The summed E-state index contributed by atoms with van der Waals surface area (Å²) in [6, 6.07) is 0. The van der Waals surface area contributed by atoms with Crippen LogP contribution in [0.3, 0.4) is 0 Å². The van der Waals surface area contributed by atoms with Gasteiger partial charge in [-0.25, -0.2) is 0 Å². The van der Waals surface area contributed by atoms with Crippen molar-refractivity contribution in [3.63, 3.8) is 0 Å². The second-order valence-corrected chi connectivity index (χ2v) is 5.60. The van der Waals surface area contributed by atoms with Gasteiger partial charge in [-0.2, -0.15) is 0 Å². The minimum Gasteiger partial charge on any atom is -0.395 e. The topological polar surface area (TPSA) is 29.5 Å². The molecule has 0 bridgehead atoms. The molecular weight excluding hydrogens is 224 g/mol. The van der Waals surface area contributed by atoms with Gasteiger partial charge in [0.15, 0.2) is 0 Å². The highest BCUT2D eigenvalue weighted by atomic mass is 16.5. The molecule has 2 nitrogen and oxygen atoms in total. The van der Waals surface area contributed by atoms with Gasteiger partial charge in [-0.05, 0) is 53.4 Å². The number of hydrogen-bond acceptors (Lipinski definition) is 2. The van der Waals surface area contributed by atoms with E-state index in [1.54, 1.807) is 7.11 Å². The summed E-state index contributed by atoms with van der Waals surface area (Å²) in [5, 5.41) is 9.13. The second kappa shape index (κ2) is 9.19. The minimum atomic E-state index is -0.334. The normalized spacial score (nSPS) is 12.6. The molecule has 0 heterocycles. The molecule has 0 spiro atoms. The van der Waals surface area contributed by atoms with Crippen molar-refractivity contribution in [1.82, 2.24) is 0 Å². The molecule has 0 aromatic heterocycles. The van der Waals surface area contributed by atoms with Crippen molar-refractivity contribution in [3.8, 4) is 11.8 Å². The van der Waals surface area contributed by atoms with E-state index in [1.165, 1.54) is 12.0 Å². The molecule has 0 aliphatic carbocycles. The number of aliphatic hydroxyl groups excluding tert-OH is 1. The quantitative estimate of drug-likeness (QED) is 0.426. The lowest BCUT2D eigenvalue weighted by atomic mass is 9.95. The third-order valence-corrected chi connectivity index (χ3v) is 2.72. The van der Waals surface area contributed by atoms with Crippen molar-refractivity contribution in [1.29, 1.82) is 0 Å². The maximum atomic E-state index is 9.13. The molecule has 0 aromatic carbocycles. The molecule has 1 unspecified atom stereocenters. The zero-order chi connectivity index (χ0) is 14.0. The number of methoxy groups -OCH3 is 1. The zero-order valence-corrected chi connectivity index (χ0v) is 12.5. The molecule has 2 heteroatoms. The molecule has 0 aromatic rings. The van der Waals surface area contributed by atoms with Crippen LogP contribution in [-0.2, 0) is 4.74 Å². The summed E-state index contributed by atoms with van der Waals surface area (Å²) in [6.07, 6.45) is 6.65. The Labute approximate surface area is 112 Å². The van der Waals surface area contributed by atoms with Crippen molar-refractivity contribution in [2.45, 2.75) is 59.5 Å². The van der Waals surface area contributed by atoms with E-state index < -0.39 is 0 Å². The van der Waals surface area contributed by atoms with Gasteiger partial charge in [0.25, 0.3) is 0 Å². The molecule has 0 rings (SSSR count). The van der Waals surface area contributed by atoms with E-state index in [4.69, 9.17) is 9.84 Å². The third-order valence-electron chi connectivity index (χ3n) is 2.72. The van der Waals surface area contributed by atoms with Gasteiger partial charge in [0.1, 0.15) is 6.10 Å². The SMILES string of the molecule is COC(C#CC(C)(C)CO)CCCCC=C(C)C. The van der Waals surface area contributed by atoms with Gasteiger partial charge >= 0.3 is 0 Å². The first-order valence-corrected chi connectivity index (χ1v) is 6.71. The van der Waals surface area contributed by atoms with Crippen molar-refractivity contribution in [3.05, 3.63) is 11.6 Å². The molecule has 0 saturated heterocycles. The number of rotatable bonds is 7. The number of aliphatic hydroxyl groups is 1. The minimum absolute atomic E-state index is 0.0115. The van der Waals surface area contributed by atoms with Crippen LogP contribution in [0.15, 0.2) is 11.6 Å². The summed E-state index contributed by atoms with van der Waals surface area (Å²) in [7, 11) is 1.70. The molecule has 0 saturated carbocycles. The Balaban J connectivity index is 4.02. The molecule has 0 amide bonds. The van der Waals surface area contributed by atoms with Gasteiger partial charge in [-0.1, -0.05) is 23.5 Å². The average Bonchev–Trinajstić information content (AvgIpc) is 2.32. The monoisotopic (exact) mass is 252 g/mol. The van der Waals surface area contributed by atoms with E-state index in [0.717, 1.165) is 19.3 Å². The van der Waals surface area contributed by atoms with E-state index in [0.29, 0.717) is 0 Å². The average molecular weight is 252 g/mol. The Kier molecular flexibility index (Phi) is 8.79. The summed E-state index contributed by atoms with van der Waals surface area (Å²) < 4.78 is 5.35. The Bertz CT molecular complexity index is 301. The molecule has 0 aliphatic heterocycles. The van der Waals surface area contributed by atoms with Crippen LogP contribution in [0.2, 0.25) is 0 Å². The smallest absolute Gasteiger partial charge is 0.117 e. The molecular formula is C16H28O2. The van der Waals surface area contributed by atoms with E-state index in [2.05, 4.69) is 31.8 Å². The van der Waals surface area contributed by atoms with Crippen LogP contribution >= 0.6 is 0 Å². The van der Waals surface area contributed by atoms with Crippen LogP contribution in [-0.4, -0.2) is 24.9 Å². The lowest BCUT2D eigenvalue weighted by Gasteiger charge is -2.14. The molecule has 1 N–H and O–H groups in total. The predicted molar refractivity (Wildman–Crippen MR) is 77.3 cm³/mol. The Morgan fingerprint density at radius 3 is 2.50 bits per heavy atom. The largest absolute Gasteiger partial charge is 0.395 e. The lowest BCUT2D eigenvalue weighted by Crippen LogP contribution is -2.15. The summed E-state index contributed by atoms with van der Waals surface area (Å²) in [5.74, 6) is 6.19. The molecule has 1 atom stereocenters. The van der Waals surface area contributed by atoms with Gasteiger partial charge in [0.2, 0.25) is 0 Å². The first-order valence-electron chi connectivity index (χ1n) is 6.71. The van der Waals surface area contributed by atoms with Gasteiger partial charge < -0.3 is 9.84 Å². The van der Waals surface area contributed by atoms with Gasteiger partial charge in [-0.15, -0.1) is 0 Å². The third kappa shape index (κ3) is 9.27. The maximum Gasteiger partial charge on any atom is 0.117 e. The molecule has 0 fully saturated rings. The van der Waals surface area contributed by atoms with Crippen LogP contribution in [0.25, 0.3) is 0 Å². The highest BCUT2D eigenvalue weighted by Crippen LogP contribution is 2.12. The Hall–Kier alpha value is -0.780. The number of unbranched alkanes of at least 4 members (excludes halogenated alkanes) is 2. The number of hydrogen-bond donors (Lipinski definition) is 1. The number of allylic oxidation sites excluding steroid dienone is 2. The highest BCUT2D eigenvalue weighted by molar-refractivity contribution is 5.12. The fraction of sp³-hybridized carbons (Fsp3) is 0.750. The van der Waals surface area contributed by atoms with E-state index in [9.17, 15) is 0 Å². The maximum absolute atomic E-state index is 9.13. The zero-order valence-electron chi connectivity index (χ0n) is 12.5. The Morgan fingerprint density at radius 2 is 2.00 bits per heavy atom. The fourth-order valence-electron chi connectivity index (χ4n) is 1.43. The predicted octanol–water partition coefficient (Wildman–Crippen LogP) is 3.55. The molecule has 104 valence electrons. The summed E-state index contributed by atoms with van der Waals surface area (Å²) >= 11 is 0. The molecule has 0 aliphatic rings. The van der Waals surface area contributed by atoms with Crippen LogP contribution in [0.1, 0.15) is 53.4 Å². The second-order valence-electron chi connectivity index (χ2n) is 5.60. The fourth-order valence-corrected chi connectivity index (χ4v) is 1.43. The van der Waals surface area contributed by atoms with Crippen molar-refractivity contribution < 1.29 is 9.84 Å². The van der Waals surface area contributed by atoms with E-state index in [1.807, 2.05) is 13.8 Å². The summed E-state index contributed by atoms with van der Waals surface area (Å²) in [6.45, 7) is 8.20. The Morgan fingerprint density at radius 1 is 1.33 bits per heavy atom. The summed E-state index contributed by atoms with van der Waals surface area (Å²) in [5.41, 5.74) is 1.04. The van der Waals surface area contributed by atoms with Crippen LogP contribution in [0.4, 0.5) is 0 Å². The van der Waals surface area contributed by atoms with Crippen LogP contribution in [0.5, 0.6) is 0 Å². The van der Waals surface area contributed by atoms with Crippen LogP contribution in [0, 0.1) is 17.3 Å². The first-order chi connectivity index (χ1) is 8.41. The highest BCUT2D eigenvalue weighted by Gasteiger charge is 2.12. The first kappa shape index (κ1) is 17.2. The number of ether oxygens (including phenoxy) is 1. The lowest BCUT2D eigenvalue weighted by molar-refractivity contribution is 0.137. The van der Waals surface area contributed by atoms with Gasteiger partial charge in [0, 0.05) is 12.5 Å². The van der Waals surface area contributed by atoms with Crippen molar-refractivity contribution in [2.75, 3.05) is 13.7 Å². The van der Waals surface area contributed by atoms with Gasteiger partial charge in [-0.3, -0.25) is 0 Å². The van der Waals surface area contributed by atoms with E-state index >= 15 is 0 Å². The van der Waals surface area contributed by atoms with Gasteiger partial charge in [0.05, 0.1) is 6.61 Å².